The van der Waals surface area contributed by atoms with E-state index in [2.05, 4.69) is 0 Å². The van der Waals surface area contributed by atoms with Crippen molar-refractivity contribution in [2.45, 2.75) is 5.06 Å². The average molecular weight is 220 g/mol. The fraction of sp³-hybridized carbons (Fsp3) is 0.286. The Labute approximate surface area is 83.3 Å². The highest BCUT2D eigenvalue weighted by Crippen LogP contribution is 2.31. The molecule has 0 heterocycles. The summed E-state index contributed by atoms with van der Waals surface area (Å²) >= 11 is 5.42. The molecule has 2 unspecified atom stereocenters. The zero-order valence-electron chi connectivity index (χ0n) is 6.75. The molecule has 76 valence electrons. The molecule has 0 aromatic heterocycles. The highest BCUT2D eigenvalue weighted by molar-refractivity contribution is 6.25. The molecule has 1 rings (SSSR count). The van der Waals surface area contributed by atoms with Crippen LogP contribution in [0.1, 0.15) is 0 Å². The second kappa shape index (κ2) is 3.39. The molecule has 0 spiro atoms. The van der Waals surface area contributed by atoms with Gasteiger partial charge in [-0.2, -0.15) is 0 Å². The van der Waals surface area contributed by atoms with Crippen LogP contribution in [-0.2, 0) is 4.79 Å². The molecule has 6 nitrogen and oxygen atoms in total. The normalized spacial score (nSPS) is 31.0. The van der Waals surface area contributed by atoms with Crippen molar-refractivity contribution in [2.75, 3.05) is 0 Å². The molecule has 14 heavy (non-hydrogen) atoms. The van der Waals surface area contributed by atoms with Gasteiger partial charge in [-0.1, -0.05) is 11.6 Å². The van der Waals surface area contributed by atoms with Crippen LogP contribution in [0, 0.1) is 16.0 Å². The summed E-state index contributed by atoms with van der Waals surface area (Å²) in [5.74, 6) is -2.94. The summed E-state index contributed by atoms with van der Waals surface area (Å²) in [7, 11) is 0. The third kappa shape index (κ3) is 1.91. The Bertz CT molecular complexity index is 346. The van der Waals surface area contributed by atoms with Crippen LogP contribution in [0.2, 0.25) is 0 Å². The number of aliphatic hydroxyl groups is 1. The molecule has 0 saturated heterocycles. The first-order valence-corrected chi connectivity index (χ1v) is 3.92. The highest BCUT2D eigenvalue weighted by atomic mass is 35.5. The number of rotatable bonds is 2. The number of carboxylic acids is 1. The van der Waals surface area contributed by atoms with E-state index in [4.69, 9.17) is 16.7 Å². The first kappa shape index (κ1) is 10.7. The lowest BCUT2D eigenvalue weighted by Crippen LogP contribution is -2.36. The van der Waals surface area contributed by atoms with Crippen molar-refractivity contribution in [3.63, 3.8) is 0 Å². The Morgan fingerprint density at radius 1 is 1.71 bits per heavy atom. The molecule has 0 aromatic carbocycles. The van der Waals surface area contributed by atoms with Crippen LogP contribution in [-0.4, -0.2) is 26.2 Å². The monoisotopic (exact) mass is 219 g/mol. The highest BCUT2D eigenvalue weighted by Gasteiger charge is 2.40. The summed E-state index contributed by atoms with van der Waals surface area (Å²) in [6, 6.07) is 0. The van der Waals surface area contributed by atoms with Crippen LogP contribution in [0.5, 0.6) is 0 Å². The standard InChI is InChI=1S/C7H6ClNO5/c8-7(12)2-1-4(9(13)14)3-5(7)6(10)11/h1-3,5,12H,(H,10,11). The number of allylic oxidation sites excluding steroid dienone is 1. The van der Waals surface area contributed by atoms with Gasteiger partial charge in [0.15, 0.2) is 5.06 Å². The third-order valence-electron chi connectivity index (χ3n) is 1.74. The second-order valence-corrected chi connectivity index (χ2v) is 3.33. The maximum absolute atomic E-state index is 10.6. The number of nitro groups is 1. The first-order valence-electron chi connectivity index (χ1n) is 3.54. The average Bonchev–Trinajstić information content (AvgIpc) is 2.02. The van der Waals surface area contributed by atoms with E-state index in [1.807, 2.05) is 0 Å². The van der Waals surface area contributed by atoms with E-state index in [9.17, 15) is 20.0 Å². The van der Waals surface area contributed by atoms with E-state index >= 15 is 0 Å². The van der Waals surface area contributed by atoms with E-state index in [1.165, 1.54) is 0 Å². The minimum absolute atomic E-state index is 0.400. The van der Waals surface area contributed by atoms with Gasteiger partial charge in [0.1, 0.15) is 5.92 Å². The minimum atomic E-state index is -2.11. The lowest BCUT2D eigenvalue weighted by molar-refractivity contribution is -0.420. The molecule has 2 atom stereocenters. The fourth-order valence-electron chi connectivity index (χ4n) is 1.02. The Kier molecular flexibility index (Phi) is 2.59. The number of alkyl halides is 1. The molecule has 0 aliphatic heterocycles. The lowest BCUT2D eigenvalue weighted by Gasteiger charge is -2.23. The number of carboxylic acid groups (broad SMARTS) is 1. The van der Waals surface area contributed by atoms with Gasteiger partial charge in [0, 0.05) is 12.2 Å². The van der Waals surface area contributed by atoms with Crippen LogP contribution < -0.4 is 0 Å². The molecule has 2 N–H and O–H groups in total. The molecule has 0 aromatic rings. The number of halogens is 1. The number of nitrogens with zero attached hydrogens (tertiary/aromatic N) is 1. The first-order chi connectivity index (χ1) is 6.34. The zero-order valence-corrected chi connectivity index (χ0v) is 7.51. The number of carbonyl (C=O) groups is 1. The van der Waals surface area contributed by atoms with Gasteiger partial charge >= 0.3 is 5.97 Å². The summed E-state index contributed by atoms with van der Waals surface area (Å²) in [6.07, 6.45) is 2.65. The van der Waals surface area contributed by atoms with Gasteiger partial charge in [-0.05, 0) is 6.08 Å². The van der Waals surface area contributed by atoms with Crippen molar-refractivity contribution >= 4 is 17.6 Å². The lowest BCUT2D eigenvalue weighted by atomic mass is 9.96. The van der Waals surface area contributed by atoms with E-state index in [-0.39, 0.29) is 0 Å². The van der Waals surface area contributed by atoms with Gasteiger partial charge in [-0.25, -0.2) is 0 Å². The molecule has 0 fully saturated rings. The molecule has 1 aliphatic rings. The quantitative estimate of drug-likeness (QED) is 0.396. The third-order valence-corrected chi connectivity index (χ3v) is 2.10. The predicted octanol–water partition coefficient (Wildman–Crippen LogP) is 0.345. The van der Waals surface area contributed by atoms with Gasteiger partial charge < -0.3 is 10.2 Å². The van der Waals surface area contributed by atoms with Crippen LogP contribution in [0.3, 0.4) is 0 Å². The summed E-state index contributed by atoms with van der Waals surface area (Å²) in [5, 5.41) is 26.2. The van der Waals surface area contributed by atoms with Crippen LogP contribution >= 0.6 is 11.6 Å². The molecule has 0 radical (unpaired) electrons. The Balaban J connectivity index is 3.07. The van der Waals surface area contributed by atoms with Gasteiger partial charge in [0.25, 0.3) is 5.70 Å². The van der Waals surface area contributed by atoms with E-state index in [0.717, 1.165) is 18.2 Å². The topological polar surface area (TPSA) is 101 Å². The van der Waals surface area contributed by atoms with Crippen molar-refractivity contribution in [1.29, 1.82) is 0 Å². The molecule has 1 aliphatic carbocycles. The van der Waals surface area contributed by atoms with Crippen molar-refractivity contribution < 1.29 is 19.9 Å². The SMILES string of the molecule is O=C(O)C1C=C([N+](=O)[O-])C=CC1(O)Cl. The Hall–Kier alpha value is -1.40. The van der Waals surface area contributed by atoms with Gasteiger partial charge in [-0.3, -0.25) is 14.9 Å². The van der Waals surface area contributed by atoms with Gasteiger partial charge in [0.2, 0.25) is 0 Å². The minimum Gasteiger partial charge on any atom is -0.481 e. The maximum Gasteiger partial charge on any atom is 0.315 e. The van der Waals surface area contributed by atoms with Crippen molar-refractivity contribution in [3.8, 4) is 0 Å². The predicted molar refractivity (Wildman–Crippen MR) is 46.1 cm³/mol. The Morgan fingerprint density at radius 2 is 2.29 bits per heavy atom. The summed E-state index contributed by atoms with van der Waals surface area (Å²) in [5.41, 5.74) is -0.400. The number of hydrogen-bond donors (Lipinski definition) is 2. The molecular weight excluding hydrogens is 214 g/mol. The fourth-order valence-corrected chi connectivity index (χ4v) is 1.23. The van der Waals surface area contributed by atoms with Crippen molar-refractivity contribution in [1.82, 2.24) is 0 Å². The molecule has 0 saturated carbocycles. The van der Waals surface area contributed by atoms with E-state index in [1.54, 1.807) is 0 Å². The largest absolute Gasteiger partial charge is 0.481 e. The van der Waals surface area contributed by atoms with Gasteiger partial charge in [0.05, 0.1) is 4.92 Å². The molecule has 7 heteroatoms. The summed E-state index contributed by atoms with van der Waals surface area (Å²) < 4.78 is 0. The van der Waals surface area contributed by atoms with Crippen LogP contribution in [0.15, 0.2) is 23.9 Å². The van der Waals surface area contributed by atoms with Gasteiger partial charge in [-0.15, -0.1) is 0 Å². The van der Waals surface area contributed by atoms with E-state index < -0.39 is 27.6 Å². The summed E-state index contributed by atoms with van der Waals surface area (Å²) in [6.45, 7) is 0. The molecule has 0 amide bonds. The maximum atomic E-state index is 10.6. The second-order valence-electron chi connectivity index (χ2n) is 2.73. The molecular formula is C7H6ClNO5. The number of aliphatic carboxylic acids is 1. The van der Waals surface area contributed by atoms with Crippen molar-refractivity contribution in [2.24, 2.45) is 5.92 Å². The summed E-state index contributed by atoms with van der Waals surface area (Å²) in [4.78, 5) is 20.1. The zero-order chi connectivity index (χ0) is 10.9. The van der Waals surface area contributed by atoms with E-state index in [0.29, 0.717) is 0 Å². The van der Waals surface area contributed by atoms with Crippen molar-refractivity contribution in [3.05, 3.63) is 34.0 Å². The molecule has 0 bridgehead atoms. The van der Waals surface area contributed by atoms with Crippen LogP contribution in [0.25, 0.3) is 0 Å². The Morgan fingerprint density at radius 3 is 2.71 bits per heavy atom. The smallest absolute Gasteiger partial charge is 0.315 e. The van der Waals surface area contributed by atoms with Crippen LogP contribution in [0.4, 0.5) is 0 Å². The number of hydrogen-bond acceptors (Lipinski definition) is 4.